The van der Waals surface area contributed by atoms with E-state index >= 15 is 0 Å². The van der Waals surface area contributed by atoms with Gasteiger partial charge in [0, 0.05) is 18.7 Å². The molecule has 1 aromatic heterocycles. The van der Waals surface area contributed by atoms with Crippen molar-refractivity contribution in [1.82, 2.24) is 20.4 Å². The number of methoxy groups -OCH3 is 1. The minimum atomic E-state index is -0.302. The van der Waals surface area contributed by atoms with Gasteiger partial charge in [-0.15, -0.1) is 0 Å². The van der Waals surface area contributed by atoms with Crippen LogP contribution in [0.15, 0.2) is 53.1 Å². The Kier molecular flexibility index (Phi) is 5.41. The van der Waals surface area contributed by atoms with Crippen LogP contribution in [-0.2, 0) is 6.54 Å². The van der Waals surface area contributed by atoms with Crippen molar-refractivity contribution in [3.63, 3.8) is 0 Å². The summed E-state index contributed by atoms with van der Waals surface area (Å²) in [4.78, 5) is 18.9. The van der Waals surface area contributed by atoms with Gasteiger partial charge in [0.2, 0.25) is 11.7 Å². The molecule has 0 spiro atoms. The molecule has 2 heterocycles. The monoisotopic (exact) mass is 396 g/mol. The third-order valence-electron chi connectivity index (χ3n) is 4.95. The van der Waals surface area contributed by atoms with Crippen LogP contribution in [0.1, 0.15) is 30.3 Å². The number of likely N-dealkylation sites (tertiary alicyclic amines) is 1. The van der Waals surface area contributed by atoms with Crippen LogP contribution in [0, 0.1) is 5.82 Å². The quantitative estimate of drug-likeness (QED) is 0.707. The van der Waals surface area contributed by atoms with Gasteiger partial charge < -0.3 is 19.5 Å². The Bertz CT molecular complexity index is 972. The SMILES string of the molecule is COc1ccc(-c2noc(C3CCCN3C(=O)NCc3ccc(F)cc3)n2)cc1. The fourth-order valence-corrected chi connectivity index (χ4v) is 3.38. The molecule has 8 heteroatoms. The third kappa shape index (κ3) is 4.21. The Labute approximate surface area is 167 Å². The van der Waals surface area contributed by atoms with Crippen molar-refractivity contribution in [3.05, 3.63) is 65.8 Å². The standard InChI is InChI=1S/C21H21FN4O3/c1-28-17-10-6-15(7-11-17)19-24-20(29-25-19)18-3-2-12-26(18)21(27)23-13-14-4-8-16(22)9-5-14/h4-11,18H,2-3,12-13H2,1H3,(H,23,27). The number of halogens is 1. The second-order valence-corrected chi connectivity index (χ2v) is 6.82. The normalized spacial score (nSPS) is 16.1. The van der Waals surface area contributed by atoms with Gasteiger partial charge in [0.15, 0.2) is 0 Å². The molecule has 4 rings (SSSR count). The first kappa shape index (κ1) is 18.9. The minimum Gasteiger partial charge on any atom is -0.497 e. The van der Waals surface area contributed by atoms with Crippen LogP contribution >= 0.6 is 0 Å². The fraction of sp³-hybridized carbons (Fsp3) is 0.286. The maximum atomic E-state index is 13.0. The lowest BCUT2D eigenvalue weighted by atomic mass is 10.2. The Hall–Kier alpha value is -3.42. The molecular weight excluding hydrogens is 375 g/mol. The molecule has 1 atom stereocenters. The Morgan fingerprint density at radius 1 is 1.24 bits per heavy atom. The molecule has 1 fully saturated rings. The zero-order chi connectivity index (χ0) is 20.2. The van der Waals surface area contributed by atoms with Gasteiger partial charge in [0.25, 0.3) is 0 Å². The largest absolute Gasteiger partial charge is 0.497 e. The summed E-state index contributed by atoms with van der Waals surface area (Å²) < 4.78 is 23.6. The van der Waals surface area contributed by atoms with Gasteiger partial charge in [-0.2, -0.15) is 4.98 Å². The first-order valence-corrected chi connectivity index (χ1v) is 9.41. The lowest BCUT2D eigenvalue weighted by Gasteiger charge is -2.22. The molecule has 1 saturated heterocycles. The summed E-state index contributed by atoms with van der Waals surface area (Å²) in [5.74, 6) is 1.34. The number of carbonyl (C=O) groups excluding carboxylic acids is 1. The summed E-state index contributed by atoms with van der Waals surface area (Å²) in [6.45, 7) is 0.934. The van der Waals surface area contributed by atoms with E-state index in [1.807, 2.05) is 24.3 Å². The number of nitrogens with zero attached hydrogens (tertiary/aromatic N) is 3. The number of hydrogen-bond acceptors (Lipinski definition) is 5. The number of rotatable bonds is 5. The summed E-state index contributed by atoms with van der Waals surface area (Å²) in [6.07, 6.45) is 1.61. The van der Waals surface area contributed by atoms with Crippen LogP contribution in [0.5, 0.6) is 5.75 Å². The van der Waals surface area contributed by atoms with E-state index in [0.717, 1.165) is 29.7 Å². The van der Waals surface area contributed by atoms with Crippen molar-refractivity contribution in [2.45, 2.75) is 25.4 Å². The van der Waals surface area contributed by atoms with Crippen molar-refractivity contribution >= 4 is 6.03 Å². The number of nitrogens with one attached hydrogen (secondary N) is 1. The molecule has 0 bridgehead atoms. The van der Waals surface area contributed by atoms with Crippen LogP contribution in [0.4, 0.5) is 9.18 Å². The number of amides is 2. The molecule has 0 aliphatic carbocycles. The summed E-state index contributed by atoms with van der Waals surface area (Å²) in [5.41, 5.74) is 1.64. The predicted molar refractivity (Wildman–Crippen MR) is 104 cm³/mol. The van der Waals surface area contributed by atoms with Crippen molar-refractivity contribution in [2.75, 3.05) is 13.7 Å². The number of urea groups is 1. The van der Waals surface area contributed by atoms with Crippen LogP contribution < -0.4 is 10.1 Å². The molecule has 2 amide bonds. The second-order valence-electron chi connectivity index (χ2n) is 6.82. The van der Waals surface area contributed by atoms with Gasteiger partial charge in [-0.05, 0) is 54.8 Å². The van der Waals surface area contributed by atoms with Crippen LogP contribution in [0.2, 0.25) is 0 Å². The van der Waals surface area contributed by atoms with E-state index in [-0.39, 0.29) is 17.9 Å². The lowest BCUT2D eigenvalue weighted by Crippen LogP contribution is -2.39. The average molecular weight is 396 g/mol. The highest BCUT2D eigenvalue weighted by Gasteiger charge is 2.34. The Balaban J connectivity index is 1.43. The highest BCUT2D eigenvalue weighted by molar-refractivity contribution is 5.75. The van der Waals surface area contributed by atoms with E-state index in [4.69, 9.17) is 9.26 Å². The minimum absolute atomic E-state index is 0.207. The molecule has 29 heavy (non-hydrogen) atoms. The third-order valence-corrected chi connectivity index (χ3v) is 4.95. The molecule has 3 aromatic rings. The summed E-state index contributed by atoms with van der Waals surface area (Å²) in [7, 11) is 1.61. The number of hydrogen-bond donors (Lipinski definition) is 1. The number of aromatic nitrogens is 2. The molecule has 7 nitrogen and oxygen atoms in total. The van der Waals surface area contributed by atoms with Crippen LogP contribution in [-0.4, -0.2) is 34.7 Å². The van der Waals surface area contributed by atoms with Crippen molar-refractivity contribution in [3.8, 4) is 17.1 Å². The molecule has 1 aliphatic heterocycles. The van der Waals surface area contributed by atoms with Gasteiger partial charge in [0.1, 0.15) is 17.6 Å². The van der Waals surface area contributed by atoms with Gasteiger partial charge in [-0.25, -0.2) is 9.18 Å². The molecule has 150 valence electrons. The van der Waals surface area contributed by atoms with Gasteiger partial charge >= 0.3 is 6.03 Å². The first-order valence-electron chi connectivity index (χ1n) is 9.41. The Morgan fingerprint density at radius 2 is 2.00 bits per heavy atom. The van der Waals surface area contributed by atoms with Gasteiger partial charge in [-0.3, -0.25) is 0 Å². The van der Waals surface area contributed by atoms with E-state index in [2.05, 4.69) is 15.5 Å². The van der Waals surface area contributed by atoms with Crippen LogP contribution in [0.3, 0.4) is 0 Å². The zero-order valence-electron chi connectivity index (χ0n) is 16.0. The molecule has 1 aliphatic rings. The fourth-order valence-electron chi connectivity index (χ4n) is 3.38. The molecule has 0 radical (unpaired) electrons. The van der Waals surface area contributed by atoms with Crippen LogP contribution in [0.25, 0.3) is 11.4 Å². The molecular formula is C21H21FN4O3. The average Bonchev–Trinajstić information content (AvgIpc) is 3.43. The predicted octanol–water partition coefficient (Wildman–Crippen LogP) is 3.93. The summed E-state index contributed by atoms with van der Waals surface area (Å²) in [6, 6.07) is 12.9. The van der Waals surface area contributed by atoms with E-state index in [1.54, 1.807) is 24.1 Å². The molecule has 1 N–H and O–H groups in total. The van der Waals surface area contributed by atoms with E-state index in [0.29, 0.717) is 24.8 Å². The molecule has 0 saturated carbocycles. The summed E-state index contributed by atoms with van der Waals surface area (Å²) >= 11 is 0. The zero-order valence-corrected chi connectivity index (χ0v) is 16.0. The maximum Gasteiger partial charge on any atom is 0.318 e. The smallest absolute Gasteiger partial charge is 0.318 e. The topological polar surface area (TPSA) is 80.5 Å². The van der Waals surface area contributed by atoms with Crippen molar-refractivity contribution < 1.29 is 18.4 Å². The Morgan fingerprint density at radius 3 is 2.72 bits per heavy atom. The van der Waals surface area contributed by atoms with Gasteiger partial charge in [0.05, 0.1) is 7.11 Å². The van der Waals surface area contributed by atoms with E-state index in [9.17, 15) is 9.18 Å². The first-order chi connectivity index (χ1) is 14.1. The summed E-state index contributed by atoms with van der Waals surface area (Å²) in [5, 5.41) is 6.93. The highest BCUT2D eigenvalue weighted by Crippen LogP contribution is 2.32. The maximum absolute atomic E-state index is 13.0. The van der Waals surface area contributed by atoms with E-state index < -0.39 is 0 Å². The highest BCUT2D eigenvalue weighted by atomic mass is 19.1. The van der Waals surface area contributed by atoms with E-state index in [1.165, 1.54) is 12.1 Å². The second kappa shape index (κ2) is 8.30. The number of benzene rings is 2. The van der Waals surface area contributed by atoms with Crippen molar-refractivity contribution in [1.29, 1.82) is 0 Å². The molecule has 2 aromatic carbocycles. The number of ether oxygens (including phenoxy) is 1. The number of carbonyl (C=O) groups is 1. The molecule has 1 unspecified atom stereocenters. The van der Waals surface area contributed by atoms with Gasteiger partial charge in [-0.1, -0.05) is 17.3 Å². The van der Waals surface area contributed by atoms with Crippen molar-refractivity contribution in [2.24, 2.45) is 0 Å². The lowest BCUT2D eigenvalue weighted by molar-refractivity contribution is 0.180.